The van der Waals surface area contributed by atoms with Crippen molar-refractivity contribution in [3.63, 3.8) is 0 Å². The van der Waals surface area contributed by atoms with Gasteiger partial charge in [0, 0.05) is 12.2 Å². The molecular formula is C11H12NO7+. The van der Waals surface area contributed by atoms with Crippen molar-refractivity contribution < 1.29 is 34.0 Å². The van der Waals surface area contributed by atoms with Crippen LogP contribution < -0.4 is 0 Å². The first-order chi connectivity index (χ1) is 8.99. The van der Waals surface area contributed by atoms with Crippen molar-refractivity contribution in [3.8, 4) is 6.57 Å². The maximum absolute atomic E-state index is 11.4. The van der Waals surface area contributed by atoms with Gasteiger partial charge in [0.1, 0.15) is 6.10 Å². The zero-order valence-electron chi connectivity index (χ0n) is 9.76. The summed E-state index contributed by atoms with van der Waals surface area (Å²) in [6.07, 6.45) is -1.26. The van der Waals surface area contributed by atoms with Crippen LogP contribution >= 0.6 is 0 Å². The van der Waals surface area contributed by atoms with Crippen molar-refractivity contribution in [2.75, 3.05) is 13.2 Å². The number of rotatable bonds is 3. The van der Waals surface area contributed by atoms with Gasteiger partial charge in [-0.2, -0.15) is 0 Å². The molecule has 0 radical (unpaired) electrons. The van der Waals surface area contributed by atoms with E-state index in [2.05, 4.69) is 4.85 Å². The van der Waals surface area contributed by atoms with Crippen molar-refractivity contribution in [2.24, 2.45) is 0 Å². The molecule has 0 aliphatic carbocycles. The van der Waals surface area contributed by atoms with Gasteiger partial charge in [0.05, 0.1) is 13.2 Å². The zero-order chi connectivity index (χ0) is 14.0. The number of aliphatic hydroxyl groups is 1. The third-order valence-electron chi connectivity index (χ3n) is 2.95. The van der Waals surface area contributed by atoms with Crippen LogP contribution in [0, 0.1) is 6.57 Å². The number of hydrogen-bond acceptors (Lipinski definition) is 6. The van der Waals surface area contributed by atoms with Gasteiger partial charge >= 0.3 is 17.7 Å². The summed E-state index contributed by atoms with van der Waals surface area (Å²) in [5, 5.41) is 18.0. The lowest BCUT2D eigenvalue weighted by atomic mass is 10.0. The highest BCUT2D eigenvalue weighted by molar-refractivity contribution is 5.90. The number of aliphatic carboxylic acids is 1. The van der Waals surface area contributed by atoms with E-state index in [1.807, 2.05) is 0 Å². The van der Waals surface area contributed by atoms with Gasteiger partial charge in [0.15, 0.2) is 6.10 Å². The Kier molecular flexibility index (Phi) is 3.53. The fourth-order valence-electron chi connectivity index (χ4n) is 2.11. The van der Waals surface area contributed by atoms with Gasteiger partial charge in [-0.05, 0) is 4.85 Å². The Balaban J connectivity index is 2.08. The SMILES string of the molecule is C#[N+][C@]12OC[C@@H](O)[C@H]1OC[C@@H]2OC(=O)/C=C\C(=O)O. The van der Waals surface area contributed by atoms with Gasteiger partial charge in [0.25, 0.3) is 6.57 Å². The maximum atomic E-state index is 11.4. The minimum atomic E-state index is -1.44. The molecule has 2 aliphatic heterocycles. The summed E-state index contributed by atoms with van der Waals surface area (Å²) in [4.78, 5) is 25.2. The smallest absolute Gasteiger partial charge is 0.452 e. The highest BCUT2D eigenvalue weighted by Crippen LogP contribution is 2.40. The summed E-state index contributed by atoms with van der Waals surface area (Å²) in [5.41, 5.74) is -1.44. The van der Waals surface area contributed by atoms with Gasteiger partial charge in [-0.3, -0.25) is 4.74 Å². The third-order valence-corrected chi connectivity index (χ3v) is 2.95. The van der Waals surface area contributed by atoms with Crippen LogP contribution in [0.15, 0.2) is 12.2 Å². The molecule has 4 atom stereocenters. The lowest BCUT2D eigenvalue weighted by Gasteiger charge is -2.16. The second-order valence-corrected chi connectivity index (χ2v) is 4.11. The molecule has 102 valence electrons. The Labute approximate surface area is 108 Å². The fourth-order valence-corrected chi connectivity index (χ4v) is 2.11. The Morgan fingerprint density at radius 1 is 1.42 bits per heavy atom. The lowest BCUT2D eigenvalue weighted by Crippen LogP contribution is -2.45. The fraction of sp³-hybridized carbons (Fsp3) is 0.545. The highest BCUT2D eigenvalue weighted by atomic mass is 16.7. The van der Waals surface area contributed by atoms with Gasteiger partial charge in [-0.25, -0.2) is 9.59 Å². The van der Waals surface area contributed by atoms with E-state index in [4.69, 9.17) is 25.9 Å². The molecule has 2 N–H and O–H groups in total. The second kappa shape index (κ2) is 4.97. The van der Waals surface area contributed by atoms with Crippen molar-refractivity contribution in [1.29, 1.82) is 0 Å². The largest absolute Gasteiger partial charge is 0.478 e. The monoisotopic (exact) mass is 270 g/mol. The first-order valence-corrected chi connectivity index (χ1v) is 5.47. The minimum absolute atomic E-state index is 0.0373. The molecule has 0 amide bonds. The number of nitrogens with zero attached hydrogens (tertiary/aromatic N) is 1. The van der Waals surface area contributed by atoms with E-state index < -0.39 is 36.0 Å². The molecule has 0 aromatic rings. The van der Waals surface area contributed by atoms with Crippen LogP contribution in [0.1, 0.15) is 0 Å². The number of aliphatic hydroxyl groups excluding tert-OH is 1. The maximum Gasteiger partial charge on any atom is 0.452 e. The third kappa shape index (κ3) is 2.31. The van der Waals surface area contributed by atoms with E-state index in [-0.39, 0.29) is 13.2 Å². The van der Waals surface area contributed by atoms with Crippen molar-refractivity contribution >= 4 is 11.9 Å². The molecular weight excluding hydrogens is 258 g/mol. The number of carboxylic acid groups (broad SMARTS) is 1. The zero-order valence-corrected chi connectivity index (χ0v) is 9.76. The molecule has 8 nitrogen and oxygen atoms in total. The summed E-state index contributed by atoms with van der Waals surface area (Å²) in [6.45, 7) is 5.18. The van der Waals surface area contributed by atoms with Gasteiger partial charge < -0.3 is 19.7 Å². The van der Waals surface area contributed by atoms with Gasteiger partial charge in [-0.1, -0.05) is 0 Å². The molecule has 19 heavy (non-hydrogen) atoms. The molecule has 2 rings (SSSR count). The van der Waals surface area contributed by atoms with Crippen LogP contribution in [0.3, 0.4) is 0 Å². The summed E-state index contributed by atoms with van der Waals surface area (Å²) < 4.78 is 15.5. The average Bonchev–Trinajstić information content (AvgIpc) is 2.87. The number of carbonyl (C=O) groups is 2. The number of esters is 1. The van der Waals surface area contributed by atoms with E-state index >= 15 is 0 Å². The van der Waals surface area contributed by atoms with Crippen LogP contribution in [0.2, 0.25) is 0 Å². The first kappa shape index (κ1) is 13.5. The van der Waals surface area contributed by atoms with Crippen molar-refractivity contribution in [3.05, 3.63) is 17.0 Å². The average molecular weight is 270 g/mol. The number of ether oxygens (including phenoxy) is 3. The molecule has 2 saturated heterocycles. The first-order valence-electron chi connectivity index (χ1n) is 5.47. The lowest BCUT2D eigenvalue weighted by molar-refractivity contribution is -0.152. The molecule has 0 saturated carbocycles. The summed E-state index contributed by atoms with van der Waals surface area (Å²) >= 11 is 0. The molecule has 0 unspecified atom stereocenters. The molecule has 0 aromatic carbocycles. The Hall–Kier alpha value is -1.95. The molecule has 0 aromatic heterocycles. The Morgan fingerprint density at radius 3 is 2.79 bits per heavy atom. The summed E-state index contributed by atoms with van der Waals surface area (Å²) in [7, 11) is 0. The predicted molar refractivity (Wildman–Crippen MR) is 59.4 cm³/mol. The Bertz CT molecular complexity index is 468. The van der Waals surface area contributed by atoms with E-state index in [9.17, 15) is 14.7 Å². The molecule has 2 heterocycles. The van der Waals surface area contributed by atoms with Crippen LogP contribution in [0.25, 0.3) is 4.85 Å². The standard InChI is InChI=1S/C11H11NO7/c1-12-11-7(19-9(16)3-2-8(14)15)5-17-10(11)6(13)4-18-11/h1-3,6-7,10,13H,4-5H2/p+1/b3-2-/t6-,7+,10-,11-/m1/s1. The van der Waals surface area contributed by atoms with Gasteiger partial charge in [-0.15, -0.1) is 0 Å². The summed E-state index contributed by atoms with van der Waals surface area (Å²) in [6, 6.07) is 0. The van der Waals surface area contributed by atoms with Crippen LogP contribution in [0.4, 0.5) is 0 Å². The second-order valence-electron chi connectivity index (χ2n) is 4.11. The number of carbonyl (C=O) groups excluding carboxylic acids is 1. The number of fused-ring (bicyclic) bond motifs is 1. The van der Waals surface area contributed by atoms with Gasteiger partial charge in [0.2, 0.25) is 6.10 Å². The van der Waals surface area contributed by atoms with Crippen LogP contribution in [0.5, 0.6) is 0 Å². The molecule has 0 bridgehead atoms. The Morgan fingerprint density at radius 2 is 2.16 bits per heavy atom. The molecule has 2 aliphatic rings. The van der Waals surface area contributed by atoms with Crippen LogP contribution in [-0.2, 0) is 23.8 Å². The normalized spacial score (nSPS) is 36.9. The van der Waals surface area contributed by atoms with E-state index in [0.29, 0.717) is 6.08 Å². The molecule has 8 heteroatoms. The summed E-state index contributed by atoms with van der Waals surface area (Å²) in [5.74, 6) is -2.16. The minimum Gasteiger partial charge on any atom is -0.478 e. The van der Waals surface area contributed by atoms with Crippen molar-refractivity contribution in [1.82, 2.24) is 0 Å². The predicted octanol–water partition coefficient (Wildman–Crippen LogP) is -1.01. The quantitative estimate of drug-likeness (QED) is 0.499. The number of hydrogen-bond donors (Lipinski definition) is 2. The highest BCUT2D eigenvalue weighted by Gasteiger charge is 2.71. The molecule has 2 fully saturated rings. The van der Waals surface area contributed by atoms with Crippen LogP contribution in [-0.4, -0.2) is 59.4 Å². The number of carboxylic acids is 1. The van der Waals surface area contributed by atoms with E-state index in [1.165, 1.54) is 0 Å². The molecule has 0 spiro atoms. The van der Waals surface area contributed by atoms with E-state index in [1.54, 1.807) is 0 Å². The van der Waals surface area contributed by atoms with Crippen molar-refractivity contribution in [2.45, 2.75) is 24.0 Å². The van der Waals surface area contributed by atoms with E-state index in [0.717, 1.165) is 6.08 Å². The topological polar surface area (TPSA) is 107 Å².